The highest BCUT2D eigenvalue weighted by Crippen LogP contribution is 2.13. The number of esters is 3. The van der Waals surface area contributed by atoms with Gasteiger partial charge >= 0.3 is 17.9 Å². The highest BCUT2D eigenvalue weighted by Gasteiger charge is 2.19. The minimum atomic E-state index is -0.801. The molecule has 0 amide bonds. The second kappa shape index (κ2) is 46.8. The molecule has 0 aliphatic heterocycles. The molecule has 58 heavy (non-hydrogen) atoms. The molecule has 0 aromatic rings. The van der Waals surface area contributed by atoms with Crippen molar-refractivity contribution in [2.75, 3.05) is 13.2 Å². The summed E-state index contributed by atoms with van der Waals surface area (Å²) < 4.78 is 16.7. The number of hydrogen-bond acceptors (Lipinski definition) is 6. The molecule has 6 heteroatoms. The molecule has 0 fully saturated rings. The van der Waals surface area contributed by atoms with Crippen molar-refractivity contribution in [3.05, 3.63) is 60.8 Å². The molecule has 0 saturated heterocycles. The Morgan fingerprint density at radius 3 is 1.10 bits per heavy atom. The Morgan fingerprint density at radius 1 is 0.362 bits per heavy atom. The highest BCUT2D eigenvalue weighted by atomic mass is 16.6. The summed E-state index contributed by atoms with van der Waals surface area (Å²) in [4.78, 5) is 37.8. The SMILES string of the molecule is CC/C=C\C/C=C\C/C=C\CCCCC(=O)OCC(COC(=O)CCCCC/C=C\CCCCCCCCC)OC(=O)CCCCC/C=C\CCCCCCCCC. The number of carbonyl (C=O) groups is 3. The Kier molecular flexibility index (Phi) is 44.5. The molecule has 0 saturated carbocycles. The molecule has 1 unspecified atom stereocenters. The van der Waals surface area contributed by atoms with Crippen molar-refractivity contribution in [1.29, 1.82) is 0 Å². The van der Waals surface area contributed by atoms with E-state index in [0.717, 1.165) is 103 Å². The number of hydrogen-bond donors (Lipinski definition) is 0. The van der Waals surface area contributed by atoms with E-state index in [1.807, 2.05) is 0 Å². The number of carbonyl (C=O) groups excluding carboxylic acids is 3. The second-order valence-electron chi connectivity index (χ2n) is 16.0. The van der Waals surface area contributed by atoms with Gasteiger partial charge in [-0.1, -0.05) is 171 Å². The molecular weight excluding hydrogens is 721 g/mol. The fourth-order valence-corrected chi connectivity index (χ4v) is 6.56. The first-order valence-corrected chi connectivity index (χ1v) is 24.3. The van der Waals surface area contributed by atoms with Gasteiger partial charge in [-0.25, -0.2) is 0 Å². The predicted molar refractivity (Wildman–Crippen MR) is 247 cm³/mol. The molecule has 1 atom stereocenters. The lowest BCUT2D eigenvalue weighted by molar-refractivity contribution is -0.167. The van der Waals surface area contributed by atoms with Crippen LogP contribution in [0.4, 0.5) is 0 Å². The smallest absolute Gasteiger partial charge is 0.306 e. The molecule has 0 aromatic carbocycles. The van der Waals surface area contributed by atoms with Gasteiger partial charge in [0.05, 0.1) is 0 Å². The zero-order chi connectivity index (χ0) is 42.3. The Labute approximate surface area is 358 Å². The molecule has 0 spiro atoms. The van der Waals surface area contributed by atoms with Crippen LogP contribution in [0.5, 0.6) is 0 Å². The van der Waals surface area contributed by atoms with E-state index < -0.39 is 6.10 Å². The van der Waals surface area contributed by atoms with Crippen LogP contribution in [-0.4, -0.2) is 37.2 Å². The average molecular weight is 811 g/mol. The van der Waals surface area contributed by atoms with Crippen LogP contribution in [0.3, 0.4) is 0 Å². The van der Waals surface area contributed by atoms with Crippen LogP contribution < -0.4 is 0 Å². The van der Waals surface area contributed by atoms with Gasteiger partial charge < -0.3 is 14.2 Å². The van der Waals surface area contributed by atoms with Crippen LogP contribution in [0.2, 0.25) is 0 Å². The van der Waals surface area contributed by atoms with Crippen molar-refractivity contribution in [3.63, 3.8) is 0 Å². The Bertz CT molecular complexity index is 1070. The molecular formula is C52H90O6. The second-order valence-corrected chi connectivity index (χ2v) is 16.0. The summed E-state index contributed by atoms with van der Waals surface area (Å²) in [6.07, 6.45) is 56.4. The van der Waals surface area contributed by atoms with Gasteiger partial charge in [0, 0.05) is 19.3 Å². The van der Waals surface area contributed by atoms with Crippen molar-refractivity contribution < 1.29 is 28.6 Å². The van der Waals surface area contributed by atoms with Gasteiger partial charge in [0.2, 0.25) is 0 Å². The number of ether oxygens (including phenoxy) is 3. The Morgan fingerprint density at radius 2 is 0.672 bits per heavy atom. The summed E-state index contributed by atoms with van der Waals surface area (Å²) in [6, 6.07) is 0. The summed E-state index contributed by atoms with van der Waals surface area (Å²) in [7, 11) is 0. The van der Waals surface area contributed by atoms with Crippen molar-refractivity contribution in [2.45, 2.75) is 239 Å². The van der Waals surface area contributed by atoms with E-state index in [2.05, 4.69) is 81.5 Å². The molecule has 0 radical (unpaired) electrons. The van der Waals surface area contributed by atoms with Gasteiger partial charge in [-0.05, 0) is 103 Å². The van der Waals surface area contributed by atoms with Gasteiger partial charge in [-0.3, -0.25) is 14.4 Å². The minimum absolute atomic E-state index is 0.100. The van der Waals surface area contributed by atoms with Crippen LogP contribution in [0.1, 0.15) is 233 Å². The topological polar surface area (TPSA) is 78.9 Å². The maximum atomic E-state index is 12.7. The minimum Gasteiger partial charge on any atom is -0.462 e. The molecule has 334 valence electrons. The molecule has 0 rings (SSSR count). The van der Waals surface area contributed by atoms with Gasteiger partial charge in [-0.2, -0.15) is 0 Å². The van der Waals surface area contributed by atoms with Gasteiger partial charge in [0.1, 0.15) is 13.2 Å². The first-order valence-electron chi connectivity index (χ1n) is 24.3. The monoisotopic (exact) mass is 811 g/mol. The van der Waals surface area contributed by atoms with Crippen molar-refractivity contribution in [2.24, 2.45) is 0 Å². The van der Waals surface area contributed by atoms with Crippen LogP contribution in [0, 0.1) is 0 Å². The van der Waals surface area contributed by atoms with Crippen LogP contribution in [0.25, 0.3) is 0 Å². The maximum absolute atomic E-state index is 12.7. The molecule has 0 aromatic heterocycles. The summed E-state index contributed by atoms with van der Waals surface area (Å²) in [5.41, 5.74) is 0. The standard InChI is InChI=1S/C52H90O6/c1-4-7-10-13-16-19-22-25-27-30-33-36-39-42-45-51(54)57-48-49(47-56-50(53)44-41-38-35-32-29-24-21-18-15-12-9-6-3)58-52(55)46-43-40-37-34-31-28-26-23-20-17-14-11-8-5-2/h9,12,18,21,27-32,49H,4-8,10-11,13-17,19-20,22-26,33-48H2,1-3H3/b12-9-,21-18-,30-27-,31-28-,32-29-. The first-order chi connectivity index (χ1) is 28.5. The third-order valence-corrected chi connectivity index (χ3v) is 10.2. The predicted octanol–water partition coefficient (Wildman–Crippen LogP) is 15.7. The normalized spacial score (nSPS) is 12.5. The van der Waals surface area contributed by atoms with Crippen LogP contribution in [0.15, 0.2) is 60.8 Å². The van der Waals surface area contributed by atoms with Gasteiger partial charge in [-0.15, -0.1) is 0 Å². The Balaban J connectivity index is 4.47. The van der Waals surface area contributed by atoms with E-state index >= 15 is 0 Å². The van der Waals surface area contributed by atoms with E-state index in [1.165, 1.54) is 89.9 Å². The summed E-state index contributed by atoms with van der Waals surface area (Å²) in [6.45, 7) is 6.44. The molecule has 6 nitrogen and oxygen atoms in total. The van der Waals surface area contributed by atoms with Crippen LogP contribution >= 0.6 is 0 Å². The van der Waals surface area contributed by atoms with Crippen molar-refractivity contribution in [3.8, 4) is 0 Å². The third-order valence-electron chi connectivity index (χ3n) is 10.2. The fraction of sp³-hybridized carbons (Fsp3) is 0.750. The zero-order valence-electron chi connectivity index (χ0n) is 38.0. The van der Waals surface area contributed by atoms with E-state index in [0.29, 0.717) is 19.3 Å². The highest BCUT2D eigenvalue weighted by molar-refractivity contribution is 5.71. The average Bonchev–Trinajstić information content (AvgIpc) is 3.22. The quantitative estimate of drug-likeness (QED) is 0.0264. The van der Waals surface area contributed by atoms with E-state index in [9.17, 15) is 14.4 Å². The zero-order valence-corrected chi connectivity index (χ0v) is 38.0. The number of allylic oxidation sites excluding steroid dienone is 10. The molecule has 0 N–H and O–H groups in total. The third kappa shape index (κ3) is 44.2. The van der Waals surface area contributed by atoms with E-state index in [4.69, 9.17) is 14.2 Å². The van der Waals surface area contributed by atoms with Crippen LogP contribution in [-0.2, 0) is 28.6 Å². The number of unbranched alkanes of at least 4 members (excludes halogenated alkanes) is 22. The summed E-state index contributed by atoms with van der Waals surface area (Å²) >= 11 is 0. The Hall–Kier alpha value is -2.89. The van der Waals surface area contributed by atoms with E-state index in [1.54, 1.807) is 0 Å². The molecule has 0 aliphatic carbocycles. The molecule has 0 heterocycles. The lowest BCUT2D eigenvalue weighted by atomic mass is 10.1. The fourth-order valence-electron chi connectivity index (χ4n) is 6.56. The van der Waals surface area contributed by atoms with Gasteiger partial charge in [0.15, 0.2) is 6.10 Å². The lowest BCUT2D eigenvalue weighted by Crippen LogP contribution is -2.30. The maximum Gasteiger partial charge on any atom is 0.306 e. The number of rotatable bonds is 43. The van der Waals surface area contributed by atoms with E-state index in [-0.39, 0.29) is 31.1 Å². The van der Waals surface area contributed by atoms with Crippen molar-refractivity contribution in [1.82, 2.24) is 0 Å². The summed E-state index contributed by atoms with van der Waals surface area (Å²) in [5, 5.41) is 0. The lowest BCUT2D eigenvalue weighted by Gasteiger charge is -2.18. The summed E-state index contributed by atoms with van der Waals surface area (Å²) in [5.74, 6) is -0.972. The van der Waals surface area contributed by atoms with Crippen molar-refractivity contribution >= 4 is 17.9 Å². The first kappa shape index (κ1) is 55.1. The van der Waals surface area contributed by atoms with Gasteiger partial charge in [0.25, 0.3) is 0 Å². The molecule has 0 aliphatic rings. The largest absolute Gasteiger partial charge is 0.462 e. The molecule has 0 bridgehead atoms.